The molecule has 0 atom stereocenters. The molecule has 1 amide bonds. The molecule has 3 rings (SSSR count). The van der Waals surface area contributed by atoms with E-state index in [1.807, 2.05) is 17.5 Å². The van der Waals surface area contributed by atoms with Crippen LogP contribution in [-0.4, -0.2) is 15.3 Å². The van der Waals surface area contributed by atoms with E-state index in [2.05, 4.69) is 10.3 Å². The molecule has 0 unspecified atom stereocenters. The van der Waals surface area contributed by atoms with Crippen molar-refractivity contribution in [3.63, 3.8) is 0 Å². The third-order valence-electron chi connectivity index (χ3n) is 3.02. The van der Waals surface area contributed by atoms with Crippen LogP contribution in [0.1, 0.15) is 16.1 Å². The first kappa shape index (κ1) is 13.6. The largest absolute Gasteiger partial charge is 0.322 e. The lowest BCUT2D eigenvalue weighted by Gasteiger charge is -2.06. The Bertz CT molecular complexity index is 844. The van der Waals surface area contributed by atoms with Crippen LogP contribution in [0, 0.1) is 12.7 Å². The lowest BCUT2D eigenvalue weighted by molar-refractivity contribution is 0.102. The van der Waals surface area contributed by atoms with Gasteiger partial charge in [-0.3, -0.25) is 4.79 Å². The van der Waals surface area contributed by atoms with Crippen molar-refractivity contribution in [1.29, 1.82) is 0 Å². The number of hydrogen-bond acceptors (Lipinski definition) is 2. The van der Waals surface area contributed by atoms with Crippen LogP contribution < -0.4 is 5.32 Å². The molecule has 21 heavy (non-hydrogen) atoms. The predicted octanol–water partition coefficient (Wildman–Crippen LogP) is 3.69. The van der Waals surface area contributed by atoms with Crippen LogP contribution in [-0.2, 0) is 0 Å². The van der Waals surface area contributed by atoms with Crippen LogP contribution in [0.15, 0.2) is 42.7 Å². The molecule has 3 aromatic rings. The van der Waals surface area contributed by atoms with Crippen molar-refractivity contribution in [3.05, 3.63) is 64.8 Å². The zero-order valence-corrected chi connectivity index (χ0v) is 11.9. The van der Waals surface area contributed by atoms with Crippen LogP contribution in [0.3, 0.4) is 0 Å². The van der Waals surface area contributed by atoms with Crippen molar-refractivity contribution >= 4 is 28.8 Å². The molecule has 0 aliphatic carbocycles. The number of imidazole rings is 1. The summed E-state index contributed by atoms with van der Waals surface area (Å²) >= 11 is 5.68. The van der Waals surface area contributed by atoms with E-state index in [4.69, 9.17) is 11.6 Å². The third-order valence-corrected chi connectivity index (χ3v) is 3.31. The van der Waals surface area contributed by atoms with Gasteiger partial charge in [0.15, 0.2) is 0 Å². The van der Waals surface area contributed by atoms with Crippen molar-refractivity contribution in [1.82, 2.24) is 9.38 Å². The summed E-state index contributed by atoms with van der Waals surface area (Å²) in [5.74, 6) is -0.829. The number of hydrogen-bond donors (Lipinski definition) is 1. The number of nitrogens with zero attached hydrogens (tertiary/aromatic N) is 2. The molecule has 0 bridgehead atoms. The van der Waals surface area contributed by atoms with Gasteiger partial charge in [-0.25, -0.2) is 9.37 Å². The number of benzene rings is 1. The maximum absolute atomic E-state index is 13.1. The number of aryl methyl sites for hydroxylation is 1. The molecule has 1 aromatic carbocycles. The molecule has 2 aromatic heterocycles. The summed E-state index contributed by atoms with van der Waals surface area (Å²) in [5.41, 5.74) is 2.47. The van der Waals surface area contributed by atoms with Crippen molar-refractivity contribution in [2.75, 3.05) is 5.32 Å². The summed E-state index contributed by atoms with van der Waals surface area (Å²) in [6.45, 7) is 1.88. The second-order valence-electron chi connectivity index (χ2n) is 4.65. The fourth-order valence-corrected chi connectivity index (χ4v) is 2.21. The van der Waals surface area contributed by atoms with E-state index in [0.29, 0.717) is 16.9 Å². The Hall–Kier alpha value is -2.40. The highest BCUT2D eigenvalue weighted by Gasteiger charge is 2.09. The monoisotopic (exact) mass is 303 g/mol. The van der Waals surface area contributed by atoms with E-state index in [9.17, 15) is 9.18 Å². The molecule has 0 saturated heterocycles. The molecule has 0 aliphatic rings. The Balaban J connectivity index is 1.87. The van der Waals surface area contributed by atoms with Crippen LogP contribution >= 0.6 is 11.6 Å². The molecular weight excluding hydrogens is 293 g/mol. The van der Waals surface area contributed by atoms with Crippen LogP contribution in [0.25, 0.3) is 5.65 Å². The standard InChI is InChI=1S/C15H11ClFN3O/c1-9-8-20-5-4-10(6-14(20)18-9)15(21)19-11-2-3-13(17)12(16)7-11/h2-8H,1H3,(H,19,21). The average molecular weight is 304 g/mol. The summed E-state index contributed by atoms with van der Waals surface area (Å²) in [4.78, 5) is 16.5. The Morgan fingerprint density at radius 3 is 2.90 bits per heavy atom. The number of amides is 1. The molecule has 106 valence electrons. The van der Waals surface area contributed by atoms with E-state index in [-0.39, 0.29) is 10.9 Å². The number of halogens is 2. The third kappa shape index (κ3) is 2.73. The van der Waals surface area contributed by atoms with Crippen LogP contribution in [0.2, 0.25) is 5.02 Å². The molecule has 0 fully saturated rings. The van der Waals surface area contributed by atoms with Gasteiger partial charge in [0, 0.05) is 23.6 Å². The quantitative estimate of drug-likeness (QED) is 0.785. The normalized spacial score (nSPS) is 10.8. The summed E-state index contributed by atoms with van der Waals surface area (Å²) in [7, 11) is 0. The maximum atomic E-state index is 13.1. The molecule has 0 aliphatic heterocycles. The zero-order valence-electron chi connectivity index (χ0n) is 11.1. The highest BCUT2D eigenvalue weighted by atomic mass is 35.5. The number of nitrogens with one attached hydrogen (secondary N) is 1. The fourth-order valence-electron chi connectivity index (χ4n) is 2.03. The summed E-state index contributed by atoms with van der Waals surface area (Å²) < 4.78 is 14.9. The summed E-state index contributed by atoms with van der Waals surface area (Å²) in [6.07, 6.45) is 3.64. The minimum absolute atomic E-state index is 0.0351. The molecule has 6 heteroatoms. The highest BCUT2D eigenvalue weighted by Crippen LogP contribution is 2.20. The second-order valence-corrected chi connectivity index (χ2v) is 5.05. The topological polar surface area (TPSA) is 46.4 Å². The molecular formula is C15H11ClFN3O. The molecule has 4 nitrogen and oxygen atoms in total. The highest BCUT2D eigenvalue weighted by molar-refractivity contribution is 6.31. The Morgan fingerprint density at radius 2 is 2.14 bits per heavy atom. The first-order valence-electron chi connectivity index (χ1n) is 6.25. The number of fused-ring (bicyclic) bond motifs is 1. The van der Waals surface area contributed by atoms with Crippen LogP contribution in [0.4, 0.5) is 10.1 Å². The molecule has 0 saturated carbocycles. The Kier molecular flexibility index (Phi) is 3.35. The van der Waals surface area contributed by atoms with Crippen LogP contribution in [0.5, 0.6) is 0 Å². The minimum Gasteiger partial charge on any atom is -0.322 e. The molecule has 0 radical (unpaired) electrons. The van der Waals surface area contributed by atoms with Gasteiger partial charge in [-0.1, -0.05) is 11.6 Å². The Labute approximate surface area is 125 Å². The van der Waals surface area contributed by atoms with Gasteiger partial charge in [0.05, 0.1) is 10.7 Å². The van der Waals surface area contributed by atoms with E-state index < -0.39 is 5.82 Å². The number of rotatable bonds is 2. The lowest BCUT2D eigenvalue weighted by atomic mass is 10.2. The van der Waals surface area contributed by atoms with Gasteiger partial charge in [-0.2, -0.15) is 0 Å². The van der Waals surface area contributed by atoms with Crippen molar-refractivity contribution < 1.29 is 9.18 Å². The van der Waals surface area contributed by atoms with Gasteiger partial charge in [0.25, 0.3) is 5.91 Å². The summed E-state index contributed by atoms with van der Waals surface area (Å²) in [5, 5.41) is 2.64. The number of aromatic nitrogens is 2. The van der Waals surface area contributed by atoms with E-state index in [0.717, 1.165) is 5.69 Å². The number of anilines is 1. The predicted molar refractivity (Wildman–Crippen MR) is 79.3 cm³/mol. The fraction of sp³-hybridized carbons (Fsp3) is 0.0667. The van der Waals surface area contributed by atoms with Crippen molar-refractivity contribution in [2.24, 2.45) is 0 Å². The van der Waals surface area contributed by atoms with Gasteiger partial charge >= 0.3 is 0 Å². The van der Waals surface area contributed by atoms with Gasteiger partial charge in [0.2, 0.25) is 0 Å². The smallest absolute Gasteiger partial charge is 0.255 e. The van der Waals surface area contributed by atoms with Crippen molar-refractivity contribution in [3.8, 4) is 0 Å². The molecule has 1 N–H and O–H groups in total. The number of pyridine rings is 1. The van der Waals surface area contributed by atoms with Gasteiger partial charge in [-0.05, 0) is 37.3 Å². The van der Waals surface area contributed by atoms with E-state index in [1.165, 1.54) is 18.2 Å². The maximum Gasteiger partial charge on any atom is 0.255 e. The number of carbonyl (C=O) groups is 1. The SMILES string of the molecule is Cc1cn2ccc(C(=O)Nc3ccc(F)c(Cl)c3)cc2n1. The summed E-state index contributed by atoms with van der Waals surface area (Å²) in [6, 6.07) is 7.41. The van der Waals surface area contributed by atoms with Gasteiger partial charge < -0.3 is 9.72 Å². The first-order valence-corrected chi connectivity index (χ1v) is 6.62. The zero-order chi connectivity index (χ0) is 15.0. The van der Waals surface area contributed by atoms with Gasteiger partial charge in [0.1, 0.15) is 11.5 Å². The molecule has 2 heterocycles. The van der Waals surface area contributed by atoms with Gasteiger partial charge in [-0.15, -0.1) is 0 Å². The number of carbonyl (C=O) groups excluding carboxylic acids is 1. The van der Waals surface area contributed by atoms with Crippen molar-refractivity contribution in [2.45, 2.75) is 6.92 Å². The lowest BCUT2D eigenvalue weighted by Crippen LogP contribution is -2.12. The minimum atomic E-state index is -0.524. The average Bonchev–Trinajstić information content (AvgIpc) is 2.82. The molecule has 0 spiro atoms. The second kappa shape index (κ2) is 5.18. The van der Waals surface area contributed by atoms with E-state index in [1.54, 1.807) is 18.3 Å². The van der Waals surface area contributed by atoms with E-state index >= 15 is 0 Å². The Morgan fingerprint density at radius 1 is 1.33 bits per heavy atom. The first-order chi connectivity index (χ1) is 10.0.